The molecular weight excluding hydrogens is 386 g/mol. The molecule has 1 heteroatoms. The molecule has 0 aliphatic heterocycles. The average molecular weight is 418 g/mol. The Balaban J connectivity index is 1.58. The minimum atomic E-state index is -0.0365. The predicted molar refractivity (Wildman–Crippen MR) is 138 cm³/mol. The van der Waals surface area contributed by atoms with Crippen molar-refractivity contribution in [2.45, 2.75) is 45.4 Å². The molecule has 0 spiro atoms. The molecule has 0 amide bonds. The van der Waals surface area contributed by atoms with Gasteiger partial charge in [-0.2, -0.15) is 0 Å². The number of nitrogens with one attached hydrogen (secondary N) is 1. The fraction of sp³-hybridized carbons (Fsp3) is 0.226. The molecule has 1 N–H and O–H groups in total. The van der Waals surface area contributed by atoms with Crippen molar-refractivity contribution in [3.8, 4) is 22.3 Å². The van der Waals surface area contributed by atoms with Crippen LogP contribution in [0.3, 0.4) is 0 Å². The molecule has 0 unspecified atom stereocenters. The van der Waals surface area contributed by atoms with Gasteiger partial charge in [-0.1, -0.05) is 107 Å². The molecule has 1 aliphatic carbocycles. The Morgan fingerprint density at radius 2 is 1.34 bits per heavy atom. The van der Waals surface area contributed by atoms with Crippen molar-refractivity contribution in [1.82, 2.24) is 0 Å². The lowest BCUT2D eigenvalue weighted by molar-refractivity contribution is 0.557. The summed E-state index contributed by atoms with van der Waals surface area (Å²) in [6.07, 6.45) is 0. The summed E-state index contributed by atoms with van der Waals surface area (Å²) in [4.78, 5) is 0. The second kappa shape index (κ2) is 7.38. The van der Waals surface area contributed by atoms with Gasteiger partial charge in [-0.15, -0.1) is 0 Å². The van der Waals surface area contributed by atoms with Crippen LogP contribution in [0.5, 0.6) is 0 Å². The average Bonchev–Trinajstić information content (AvgIpc) is 3.01. The van der Waals surface area contributed by atoms with E-state index in [0.717, 1.165) is 11.4 Å². The van der Waals surface area contributed by atoms with Crippen LogP contribution in [-0.4, -0.2) is 0 Å². The van der Waals surface area contributed by atoms with E-state index in [1.807, 2.05) is 0 Å². The van der Waals surface area contributed by atoms with E-state index in [-0.39, 0.29) is 10.8 Å². The quantitative estimate of drug-likeness (QED) is 0.351. The van der Waals surface area contributed by atoms with Gasteiger partial charge in [0.15, 0.2) is 0 Å². The topological polar surface area (TPSA) is 12.0 Å². The molecule has 0 aromatic heterocycles. The van der Waals surface area contributed by atoms with Crippen molar-refractivity contribution in [3.63, 3.8) is 0 Å². The third-order valence-corrected chi connectivity index (χ3v) is 6.77. The number of benzene rings is 4. The minimum Gasteiger partial charge on any atom is -0.355 e. The first-order valence-corrected chi connectivity index (χ1v) is 11.5. The van der Waals surface area contributed by atoms with Crippen LogP contribution in [0.25, 0.3) is 22.3 Å². The molecule has 0 atom stereocenters. The lowest BCUT2D eigenvalue weighted by Crippen LogP contribution is -2.23. The number of hydrogen-bond donors (Lipinski definition) is 1. The van der Waals surface area contributed by atoms with Crippen LogP contribution in [0, 0.1) is 0 Å². The number of para-hydroxylation sites is 1. The van der Waals surface area contributed by atoms with Crippen molar-refractivity contribution in [3.05, 3.63) is 108 Å². The highest BCUT2D eigenvalue weighted by atomic mass is 14.9. The first-order chi connectivity index (χ1) is 15.3. The highest BCUT2D eigenvalue weighted by Gasteiger charge is 2.39. The Hall–Kier alpha value is -3.32. The number of rotatable bonds is 3. The fourth-order valence-electron chi connectivity index (χ4n) is 5.20. The molecule has 5 rings (SSSR count). The summed E-state index contributed by atoms with van der Waals surface area (Å²) >= 11 is 0. The van der Waals surface area contributed by atoms with Gasteiger partial charge in [0.25, 0.3) is 0 Å². The molecule has 0 heterocycles. The predicted octanol–water partition coefficient (Wildman–Crippen LogP) is 8.70. The van der Waals surface area contributed by atoms with Crippen molar-refractivity contribution in [1.29, 1.82) is 0 Å². The zero-order valence-corrected chi connectivity index (χ0v) is 19.7. The van der Waals surface area contributed by atoms with Gasteiger partial charge in [0.2, 0.25) is 0 Å². The Morgan fingerprint density at radius 3 is 2.09 bits per heavy atom. The molecular formula is C31H31N. The van der Waals surface area contributed by atoms with Crippen molar-refractivity contribution in [2.75, 3.05) is 5.32 Å². The standard InChI is InChI=1S/C31H31N/c1-30(2,3)26-16-11-15-25-24-19-18-22(20-27(24)31(4,5)29(25)26)32-28-17-10-9-14-23(28)21-12-7-6-8-13-21/h6-20,32H,1-5H3. The molecule has 0 bridgehead atoms. The van der Waals surface area contributed by atoms with E-state index in [1.165, 1.54) is 38.9 Å². The van der Waals surface area contributed by atoms with E-state index < -0.39 is 0 Å². The van der Waals surface area contributed by atoms with E-state index in [1.54, 1.807) is 0 Å². The lowest BCUT2D eigenvalue weighted by Gasteiger charge is -2.30. The molecule has 160 valence electrons. The Labute approximate surface area is 192 Å². The van der Waals surface area contributed by atoms with Crippen LogP contribution in [-0.2, 0) is 10.8 Å². The minimum absolute atomic E-state index is 0.0365. The highest BCUT2D eigenvalue weighted by molar-refractivity contribution is 5.86. The lowest BCUT2D eigenvalue weighted by atomic mass is 9.74. The third kappa shape index (κ3) is 3.33. The molecule has 32 heavy (non-hydrogen) atoms. The Bertz CT molecular complexity index is 1290. The molecule has 0 saturated carbocycles. The monoisotopic (exact) mass is 417 g/mol. The second-order valence-electron chi connectivity index (χ2n) is 10.4. The van der Waals surface area contributed by atoms with Crippen LogP contribution < -0.4 is 5.32 Å². The van der Waals surface area contributed by atoms with Gasteiger partial charge in [-0.3, -0.25) is 0 Å². The van der Waals surface area contributed by atoms with Crippen molar-refractivity contribution in [2.24, 2.45) is 0 Å². The number of fused-ring (bicyclic) bond motifs is 3. The summed E-state index contributed by atoms with van der Waals surface area (Å²) in [5, 5.41) is 3.71. The first kappa shape index (κ1) is 20.6. The summed E-state index contributed by atoms with van der Waals surface area (Å²) in [7, 11) is 0. The third-order valence-electron chi connectivity index (χ3n) is 6.77. The van der Waals surface area contributed by atoms with Gasteiger partial charge in [-0.05, 0) is 57.0 Å². The van der Waals surface area contributed by atoms with Gasteiger partial charge in [0.05, 0.1) is 0 Å². The summed E-state index contributed by atoms with van der Waals surface area (Å²) in [5.41, 5.74) is 11.8. The van der Waals surface area contributed by atoms with E-state index >= 15 is 0 Å². The molecule has 1 aliphatic rings. The molecule has 4 aromatic rings. The van der Waals surface area contributed by atoms with Crippen LogP contribution in [0.15, 0.2) is 91.0 Å². The van der Waals surface area contributed by atoms with Gasteiger partial charge >= 0.3 is 0 Å². The van der Waals surface area contributed by atoms with Crippen molar-refractivity contribution >= 4 is 11.4 Å². The Morgan fingerprint density at radius 1 is 0.656 bits per heavy atom. The first-order valence-electron chi connectivity index (χ1n) is 11.5. The van der Waals surface area contributed by atoms with E-state index in [2.05, 4.69) is 131 Å². The molecule has 0 radical (unpaired) electrons. The maximum absolute atomic E-state index is 3.71. The van der Waals surface area contributed by atoms with Crippen LogP contribution in [0.2, 0.25) is 0 Å². The SMILES string of the molecule is CC(C)(C)c1cccc2c1C(C)(C)c1cc(Nc3ccccc3-c3ccccc3)ccc1-2. The smallest absolute Gasteiger partial charge is 0.0463 e. The number of anilines is 2. The molecule has 0 fully saturated rings. The summed E-state index contributed by atoms with van der Waals surface area (Å²) in [6, 6.07) is 32.8. The fourth-order valence-corrected chi connectivity index (χ4v) is 5.20. The normalized spacial score (nSPS) is 14.0. The van der Waals surface area contributed by atoms with Gasteiger partial charge in [-0.25, -0.2) is 0 Å². The van der Waals surface area contributed by atoms with Crippen LogP contribution >= 0.6 is 0 Å². The zero-order valence-electron chi connectivity index (χ0n) is 19.7. The second-order valence-corrected chi connectivity index (χ2v) is 10.4. The summed E-state index contributed by atoms with van der Waals surface area (Å²) in [6.45, 7) is 11.7. The maximum atomic E-state index is 3.71. The molecule has 0 saturated heterocycles. The van der Waals surface area contributed by atoms with Gasteiger partial charge in [0, 0.05) is 22.4 Å². The highest BCUT2D eigenvalue weighted by Crippen LogP contribution is 2.52. The summed E-state index contributed by atoms with van der Waals surface area (Å²) in [5.74, 6) is 0. The van der Waals surface area contributed by atoms with Crippen LogP contribution in [0.1, 0.15) is 51.3 Å². The molecule has 1 nitrogen and oxygen atoms in total. The van der Waals surface area contributed by atoms with Gasteiger partial charge < -0.3 is 5.32 Å². The van der Waals surface area contributed by atoms with E-state index in [0.29, 0.717) is 0 Å². The van der Waals surface area contributed by atoms with E-state index in [9.17, 15) is 0 Å². The largest absolute Gasteiger partial charge is 0.355 e. The van der Waals surface area contributed by atoms with Crippen molar-refractivity contribution < 1.29 is 0 Å². The maximum Gasteiger partial charge on any atom is 0.0463 e. The Kier molecular flexibility index (Phi) is 4.74. The van der Waals surface area contributed by atoms with Gasteiger partial charge in [0.1, 0.15) is 0 Å². The zero-order chi connectivity index (χ0) is 22.5. The van der Waals surface area contributed by atoms with E-state index in [4.69, 9.17) is 0 Å². The summed E-state index contributed by atoms with van der Waals surface area (Å²) < 4.78 is 0. The number of hydrogen-bond acceptors (Lipinski definition) is 1. The molecule has 4 aromatic carbocycles. The van der Waals surface area contributed by atoms with Crippen LogP contribution in [0.4, 0.5) is 11.4 Å².